The van der Waals surface area contributed by atoms with Gasteiger partial charge in [-0.2, -0.15) is 5.10 Å². The number of sulfonamides is 1. The highest BCUT2D eigenvalue weighted by atomic mass is 32.2. The van der Waals surface area contributed by atoms with Crippen molar-refractivity contribution in [1.82, 2.24) is 14.9 Å². The Kier molecular flexibility index (Phi) is 4.48. The van der Waals surface area contributed by atoms with E-state index in [2.05, 4.69) is 15.0 Å². The van der Waals surface area contributed by atoms with E-state index in [9.17, 15) is 17.2 Å². The molecule has 1 N–H and O–H groups in total. The van der Waals surface area contributed by atoms with Crippen LogP contribution in [0.1, 0.15) is 18.4 Å². The molecule has 0 aliphatic heterocycles. The Morgan fingerprint density at radius 2 is 2.21 bits per heavy atom. The highest BCUT2D eigenvalue weighted by molar-refractivity contribution is 7.92. The fourth-order valence-electron chi connectivity index (χ4n) is 3.07. The smallest absolute Gasteiger partial charge is 0.251 e. The van der Waals surface area contributed by atoms with Crippen molar-refractivity contribution < 1.29 is 26.5 Å². The van der Waals surface area contributed by atoms with Gasteiger partial charge in [-0.05, 0) is 30.2 Å². The van der Waals surface area contributed by atoms with Gasteiger partial charge in [-0.3, -0.25) is 9.40 Å². The van der Waals surface area contributed by atoms with Crippen molar-refractivity contribution in [3.63, 3.8) is 0 Å². The second-order valence-electron chi connectivity index (χ2n) is 6.78. The van der Waals surface area contributed by atoms with E-state index in [0.29, 0.717) is 23.3 Å². The lowest BCUT2D eigenvalue weighted by molar-refractivity contribution is 0.0983. The normalized spacial score (nSPS) is 18.3. The predicted octanol–water partition coefficient (Wildman–Crippen LogP) is 2.87. The maximum absolute atomic E-state index is 13.0. The lowest BCUT2D eigenvalue weighted by Gasteiger charge is -2.08. The molecule has 1 atom stereocenters. The molecule has 0 amide bonds. The van der Waals surface area contributed by atoms with Gasteiger partial charge in [0.25, 0.3) is 5.92 Å². The number of halogens is 2. The lowest BCUT2D eigenvalue weighted by Crippen LogP contribution is -2.18. The number of nitrogens with zero attached hydrogens (tertiary/aromatic N) is 3. The summed E-state index contributed by atoms with van der Waals surface area (Å²) in [6.45, 7) is 0.469. The third-order valence-corrected chi connectivity index (χ3v) is 5.94. The summed E-state index contributed by atoms with van der Waals surface area (Å²) < 4.78 is 65.1. The molecule has 2 heterocycles. The van der Waals surface area contributed by atoms with Crippen LogP contribution >= 0.6 is 0 Å². The molecule has 150 valence electrons. The average molecular weight is 412 g/mol. The van der Waals surface area contributed by atoms with Crippen molar-refractivity contribution in [3.05, 3.63) is 36.2 Å². The van der Waals surface area contributed by atoms with Crippen molar-refractivity contribution in [2.45, 2.75) is 25.3 Å². The lowest BCUT2D eigenvalue weighted by atomic mass is 10.1. The first-order valence-electron chi connectivity index (χ1n) is 8.59. The summed E-state index contributed by atoms with van der Waals surface area (Å²) in [5, 5.41) is 8.29. The van der Waals surface area contributed by atoms with E-state index in [0.717, 1.165) is 5.56 Å². The number of ether oxygens (including phenoxy) is 1. The molecule has 3 aromatic rings. The highest BCUT2D eigenvalue weighted by Crippen LogP contribution is 2.50. The molecule has 2 aromatic heterocycles. The number of benzene rings is 1. The van der Waals surface area contributed by atoms with E-state index in [4.69, 9.17) is 9.26 Å². The van der Waals surface area contributed by atoms with Crippen molar-refractivity contribution in [1.29, 1.82) is 0 Å². The van der Waals surface area contributed by atoms with Gasteiger partial charge in [-0.15, -0.1) is 0 Å². The molecule has 4 rings (SSSR count). The molecule has 1 saturated carbocycles. The summed E-state index contributed by atoms with van der Waals surface area (Å²) >= 11 is 0. The second-order valence-corrected chi connectivity index (χ2v) is 8.62. The molecule has 1 unspecified atom stereocenters. The van der Waals surface area contributed by atoms with E-state index in [1.807, 2.05) is 0 Å². The van der Waals surface area contributed by atoms with Crippen molar-refractivity contribution in [3.8, 4) is 5.75 Å². The number of hydrogen-bond donors (Lipinski definition) is 1. The SMILES string of the molecule is COc1cc(Cn2cccn2)cc2onc(NS(=O)(=O)CCC3CC3(F)F)c12. The van der Waals surface area contributed by atoms with E-state index >= 15 is 0 Å². The maximum Gasteiger partial charge on any atom is 0.251 e. The molecule has 0 spiro atoms. The molecule has 28 heavy (non-hydrogen) atoms. The average Bonchev–Trinajstić information content (AvgIpc) is 3.00. The fourth-order valence-corrected chi connectivity index (χ4v) is 4.20. The van der Waals surface area contributed by atoms with E-state index in [1.54, 1.807) is 35.3 Å². The summed E-state index contributed by atoms with van der Waals surface area (Å²) in [5.41, 5.74) is 1.17. The third kappa shape index (κ3) is 3.79. The Balaban J connectivity index is 1.56. The van der Waals surface area contributed by atoms with Crippen LogP contribution in [-0.4, -0.2) is 42.1 Å². The van der Waals surface area contributed by atoms with Crippen LogP contribution in [0.4, 0.5) is 14.6 Å². The molecular formula is C17H18F2N4O4S. The molecule has 1 aliphatic carbocycles. The van der Waals surface area contributed by atoms with Gasteiger partial charge in [0.05, 0.1) is 19.4 Å². The standard InChI is InChI=1S/C17H18F2N4O4S/c1-26-13-7-11(10-23-5-2-4-20-23)8-14-15(13)16(21-27-14)22-28(24,25)6-3-12-9-17(12,18)19/h2,4-5,7-8,12H,3,6,9-10H2,1H3,(H,21,22). The second kappa shape index (κ2) is 6.73. The third-order valence-electron chi connectivity index (χ3n) is 4.66. The summed E-state index contributed by atoms with van der Waals surface area (Å²) in [6.07, 6.45) is 3.10. The Hall–Kier alpha value is -2.69. The van der Waals surface area contributed by atoms with Crippen molar-refractivity contribution >= 4 is 26.8 Å². The Morgan fingerprint density at radius 1 is 1.43 bits per heavy atom. The molecule has 0 radical (unpaired) electrons. The maximum atomic E-state index is 13.0. The van der Waals surface area contributed by atoms with Gasteiger partial charge in [0, 0.05) is 24.7 Å². The number of nitrogens with one attached hydrogen (secondary N) is 1. The fraction of sp³-hybridized carbons (Fsp3) is 0.412. The number of anilines is 1. The highest BCUT2D eigenvalue weighted by Gasteiger charge is 2.56. The van der Waals surface area contributed by atoms with Crippen LogP contribution in [-0.2, 0) is 16.6 Å². The molecule has 8 nitrogen and oxygen atoms in total. The van der Waals surface area contributed by atoms with Gasteiger partial charge in [0.2, 0.25) is 10.0 Å². The minimum absolute atomic E-state index is 0.0277. The van der Waals surface area contributed by atoms with Crippen LogP contribution in [0.2, 0.25) is 0 Å². The molecule has 1 fully saturated rings. The van der Waals surface area contributed by atoms with E-state index < -0.39 is 27.6 Å². The predicted molar refractivity (Wildman–Crippen MR) is 97.0 cm³/mol. The van der Waals surface area contributed by atoms with Crippen LogP contribution in [0.15, 0.2) is 35.1 Å². The van der Waals surface area contributed by atoms with Gasteiger partial charge >= 0.3 is 0 Å². The number of aromatic nitrogens is 3. The number of hydrogen-bond acceptors (Lipinski definition) is 6. The molecule has 11 heteroatoms. The number of rotatable bonds is 8. The molecule has 0 saturated heterocycles. The Bertz CT molecular complexity index is 1100. The quantitative estimate of drug-likeness (QED) is 0.611. The Morgan fingerprint density at radius 3 is 2.86 bits per heavy atom. The first kappa shape index (κ1) is 18.7. The molecular weight excluding hydrogens is 394 g/mol. The summed E-state index contributed by atoms with van der Waals surface area (Å²) in [7, 11) is -2.40. The first-order valence-corrected chi connectivity index (χ1v) is 10.2. The first-order chi connectivity index (χ1) is 13.3. The van der Waals surface area contributed by atoms with Gasteiger partial charge < -0.3 is 9.26 Å². The summed E-state index contributed by atoms with van der Waals surface area (Å²) in [5.74, 6) is -3.68. The van der Waals surface area contributed by atoms with E-state index in [1.165, 1.54) is 7.11 Å². The number of methoxy groups -OCH3 is 1. The van der Waals surface area contributed by atoms with Crippen molar-refractivity contribution in [2.75, 3.05) is 17.6 Å². The molecule has 1 aliphatic rings. The minimum Gasteiger partial charge on any atom is -0.496 e. The largest absolute Gasteiger partial charge is 0.496 e. The zero-order valence-corrected chi connectivity index (χ0v) is 15.7. The van der Waals surface area contributed by atoms with Gasteiger partial charge in [0.15, 0.2) is 11.4 Å². The molecule has 0 bridgehead atoms. The van der Waals surface area contributed by atoms with Gasteiger partial charge in [-0.25, -0.2) is 17.2 Å². The van der Waals surface area contributed by atoms with Crippen LogP contribution in [0.25, 0.3) is 11.0 Å². The zero-order chi connectivity index (χ0) is 19.9. The van der Waals surface area contributed by atoms with E-state index in [-0.39, 0.29) is 18.7 Å². The molecule has 1 aromatic carbocycles. The topological polar surface area (TPSA) is 99.2 Å². The van der Waals surface area contributed by atoms with Crippen LogP contribution in [0, 0.1) is 5.92 Å². The summed E-state index contributed by atoms with van der Waals surface area (Å²) in [4.78, 5) is 0. The van der Waals surface area contributed by atoms with Gasteiger partial charge in [-0.1, -0.05) is 5.16 Å². The summed E-state index contributed by atoms with van der Waals surface area (Å²) in [6, 6.07) is 5.26. The van der Waals surface area contributed by atoms with Crippen molar-refractivity contribution in [2.24, 2.45) is 5.92 Å². The minimum atomic E-state index is -3.85. The Labute approximate surface area is 159 Å². The monoisotopic (exact) mass is 412 g/mol. The zero-order valence-electron chi connectivity index (χ0n) is 14.9. The van der Waals surface area contributed by atoms with Crippen LogP contribution in [0.5, 0.6) is 5.75 Å². The number of alkyl halides is 2. The van der Waals surface area contributed by atoms with Crippen LogP contribution < -0.4 is 9.46 Å². The van der Waals surface area contributed by atoms with Crippen LogP contribution in [0.3, 0.4) is 0 Å². The van der Waals surface area contributed by atoms with Gasteiger partial charge in [0.1, 0.15) is 11.1 Å². The number of fused-ring (bicyclic) bond motifs is 1.